The summed E-state index contributed by atoms with van der Waals surface area (Å²) in [7, 11) is -2.11. The normalized spacial score (nSPS) is 11.1. The number of ether oxygens (including phenoxy) is 1. The first-order valence-electron chi connectivity index (χ1n) is 7.98. The molecule has 0 aliphatic rings. The van der Waals surface area contributed by atoms with Gasteiger partial charge in [0.25, 0.3) is 11.6 Å². The van der Waals surface area contributed by atoms with Gasteiger partial charge in [-0.05, 0) is 36.8 Å². The number of benzene rings is 2. The van der Waals surface area contributed by atoms with Crippen LogP contribution in [-0.4, -0.2) is 39.5 Å². The quantitative estimate of drug-likeness (QED) is 0.382. The summed E-state index contributed by atoms with van der Waals surface area (Å²) in [4.78, 5) is 22.5. The van der Waals surface area contributed by atoms with Gasteiger partial charge in [0.05, 0.1) is 9.82 Å². The third-order valence-electron chi connectivity index (χ3n) is 3.56. The van der Waals surface area contributed by atoms with Crippen molar-refractivity contribution in [2.75, 3.05) is 25.6 Å². The van der Waals surface area contributed by atoms with Crippen LogP contribution in [0.3, 0.4) is 0 Å². The Labute approximate surface area is 156 Å². The summed E-state index contributed by atoms with van der Waals surface area (Å²) in [6.07, 6.45) is 0.549. The standard InChI is InChI=1S/C17H19N3O6S/c1-26-11-3-10-18-27(24,25)16-8-6-14(7-9-16)19-17(21)13-4-2-5-15(12-13)20(22)23/h2,4-9,12,18H,3,10-11H2,1H3,(H,19,21). The Balaban J connectivity index is 2.04. The van der Waals surface area contributed by atoms with E-state index in [-0.39, 0.29) is 22.7 Å². The molecule has 1 amide bonds. The second kappa shape index (κ2) is 9.21. The van der Waals surface area contributed by atoms with Crippen molar-refractivity contribution in [2.45, 2.75) is 11.3 Å². The zero-order chi connectivity index (χ0) is 19.9. The van der Waals surface area contributed by atoms with Gasteiger partial charge in [-0.1, -0.05) is 6.07 Å². The molecule has 0 spiro atoms. The molecule has 2 rings (SSSR count). The molecule has 0 saturated carbocycles. The first-order valence-corrected chi connectivity index (χ1v) is 9.46. The number of methoxy groups -OCH3 is 1. The first kappa shape index (κ1) is 20.5. The van der Waals surface area contributed by atoms with Crippen molar-refractivity contribution in [3.63, 3.8) is 0 Å². The molecule has 9 nitrogen and oxygen atoms in total. The van der Waals surface area contributed by atoms with Crippen molar-refractivity contribution in [2.24, 2.45) is 0 Å². The molecule has 10 heteroatoms. The van der Waals surface area contributed by atoms with Crippen LogP contribution in [0.15, 0.2) is 53.4 Å². The van der Waals surface area contributed by atoms with E-state index in [4.69, 9.17) is 4.74 Å². The molecule has 0 radical (unpaired) electrons. The summed E-state index contributed by atoms with van der Waals surface area (Å²) in [5.74, 6) is -0.535. The van der Waals surface area contributed by atoms with Crippen molar-refractivity contribution in [1.82, 2.24) is 4.72 Å². The summed E-state index contributed by atoms with van der Waals surface area (Å²) in [6.45, 7) is 0.701. The third-order valence-corrected chi connectivity index (χ3v) is 5.04. The van der Waals surface area contributed by atoms with E-state index in [2.05, 4.69) is 10.0 Å². The molecule has 0 fully saturated rings. The number of nitro groups is 1. The van der Waals surface area contributed by atoms with Crippen LogP contribution in [0.2, 0.25) is 0 Å². The average Bonchev–Trinajstić information content (AvgIpc) is 2.66. The third kappa shape index (κ3) is 5.84. The van der Waals surface area contributed by atoms with Gasteiger partial charge >= 0.3 is 0 Å². The molecule has 144 valence electrons. The summed E-state index contributed by atoms with van der Waals surface area (Å²) in [5, 5.41) is 13.4. The second-order valence-electron chi connectivity index (χ2n) is 5.53. The van der Waals surface area contributed by atoms with Gasteiger partial charge in [-0.25, -0.2) is 13.1 Å². The van der Waals surface area contributed by atoms with Crippen LogP contribution >= 0.6 is 0 Å². The largest absolute Gasteiger partial charge is 0.385 e. The Morgan fingerprint density at radius 1 is 1.19 bits per heavy atom. The van der Waals surface area contributed by atoms with Gasteiger partial charge in [0.2, 0.25) is 10.0 Å². The van der Waals surface area contributed by atoms with E-state index in [0.29, 0.717) is 18.7 Å². The molecular weight excluding hydrogens is 374 g/mol. The molecule has 0 unspecified atom stereocenters. The van der Waals surface area contributed by atoms with E-state index >= 15 is 0 Å². The minimum Gasteiger partial charge on any atom is -0.385 e. The smallest absolute Gasteiger partial charge is 0.270 e. The van der Waals surface area contributed by atoms with Crippen molar-refractivity contribution in [3.05, 3.63) is 64.2 Å². The van der Waals surface area contributed by atoms with E-state index in [1.54, 1.807) is 0 Å². The molecule has 0 saturated heterocycles. The van der Waals surface area contributed by atoms with E-state index in [1.165, 1.54) is 49.6 Å². The molecule has 0 bridgehead atoms. The van der Waals surface area contributed by atoms with Crippen LogP contribution in [0.1, 0.15) is 16.8 Å². The molecule has 27 heavy (non-hydrogen) atoms. The number of nitrogens with zero attached hydrogens (tertiary/aromatic N) is 1. The number of rotatable bonds is 9. The molecule has 0 aromatic heterocycles. The SMILES string of the molecule is COCCCNS(=O)(=O)c1ccc(NC(=O)c2cccc([N+](=O)[O-])c2)cc1. The van der Waals surface area contributed by atoms with Gasteiger partial charge in [0.15, 0.2) is 0 Å². The topological polar surface area (TPSA) is 128 Å². The van der Waals surface area contributed by atoms with Gasteiger partial charge in [0, 0.05) is 43.6 Å². The highest BCUT2D eigenvalue weighted by molar-refractivity contribution is 7.89. The highest BCUT2D eigenvalue weighted by Gasteiger charge is 2.14. The number of hydrogen-bond acceptors (Lipinski definition) is 6. The lowest BCUT2D eigenvalue weighted by Crippen LogP contribution is -2.25. The number of carbonyl (C=O) groups is 1. The van der Waals surface area contributed by atoms with Gasteiger partial charge in [-0.15, -0.1) is 0 Å². The van der Waals surface area contributed by atoms with Crippen LogP contribution in [0.25, 0.3) is 0 Å². The maximum absolute atomic E-state index is 12.2. The van der Waals surface area contributed by atoms with Crippen LogP contribution in [0, 0.1) is 10.1 Å². The minimum atomic E-state index is -3.65. The number of non-ortho nitro benzene ring substituents is 1. The van der Waals surface area contributed by atoms with Crippen LogP contribution in [0.5, 0.6) is 0 Å². The van der Waals surface area contributed by atoms with E-state index in [9.17, 15) is 23.3 Å². The number of nitro benzene ring substituents is 1. The maximum atomic E-state index is 12.2. The molecule has 2 aromatic carbocycles. The van der Waals surface area contributed by atoms with Crippen molar-refractivity contribution < 1.29 is 22.9 Å². The monoisotopic (exact) mass is 393 g/mol. The Bertz CT molecular complexity index is 913. The second-order valence-corrected chi connectivity index (χ2v) is 7.30. The number of anilines is 1. The first-order chi connectivity index (χ1) is 12.8. The lowest BCUT2D eigenvalue weighted by Gasteiger charge is -2.09. The van der Waals surface area contributed by atoms with Crippen LogP contribution < -0.4 is 10.0 Å². The fourth-order valence-electron chi connectivity index (χ4n) is 2.19. The number of nitrogens with one attached hydrogen (secondary N) is 2. The van der Waals surface area contributed by atoms with E-state index in [1.807, 2.05) is 0 Å². The Hall–Kier alpha value is -2.82. The molecule has 0 atom stereocenters. The number of amides is 1. The Morgan fingerprint density at radius 2 is 1.89 bits per heavy atom. The fourth-order valence-corrected chi connectivity index (χ4v) is 3.26. The summed E-state index contributed by atoms with van der Waals surface area (Å²) < 4.78 is 31.6. The van der Waals surface area contributed by atoms with Crippen molar-refractivity contribution in [1.29, 1.82) is 0 Å². The number of hydrogen-bond donors (Lipinski definition) is 2. The zero-order valence-corrected chi connectivity index (χ0v) is 15.4. The van der Waals surface area contributed by atoms with E-state index < -0.39 is 20.9 Å². The van der Waals surface area contributed by atoms with Gasteiger partial charge in [-0.3, -0.25) is 14.9 Å². The molecular formula is C17H19N3O6S. The number of sulfonamides is 1. The summed E-state index contributed by atoms with van der Waals surface area (Å²) >= 11 is 0. The molecule has 0 aliphatic heterocycles. The molecule has 2 N–H and O–H groups in total. The van der Waals surface area contributed by atoms with E-state index in [0.717, 1.165) is 6.07 Å². The van der Waals surface area contributed by atoms with Crippen molar-refractivity contribution >= 4 is 27.3 Å². The fraction of sp³-hybridized carbons (Fsp3) is 0.235. The summed E-state index contributed by atoms with van der Waals surface area (Å²) in [5.41, 5.74) is 0.300. The maximum Gasteiger partial charge on any atom is 0.270 e. The predicted molar refractivity (Wildman–Crippen MR) is 99.2 cm³/mol. The molecule has 0 aliphatic carbocycles. The average molecular weight is 393 g/mol. The predicted octanol–water partition coefficient (Wildman–Crippen LogP) is 2.16. The zero-order valence-electron chi connectivity index (χ0n) is 14.5. The molecule has 0 heterocycles. The lowest BCUT2D eigenvalue weighted by molar-refractivity contribution is -0.384. The number of carbonyl (C=O) groups excluding carboxylic acids is 1. The van der Waals surface area contributed by atoms with Crippen LogP contribution in [0.4, 0.5) is 11.4 Å². The lowest BCUT2D eigenvalue weighted by atomic mass is 10.2. The van der Waals surface area contributed by atoms with Crippen molar-refractivity contribution in [3.8, 4) is 0 Å². The van der Waals surface area contributed by atoms with Crippen LogP contribution in [-0.2, 0) is 14.8 Å². The highest BCUT2D eigenvalue weighted by atomic mass is 32.2. The Kier molecular flexibility index (Phi) is 6.99. The van der Waals surface area contributed by atoms with Gasteiger partial charge in [-0.2, -0.15) is 0 Å². The Morgan fingerprint density at radius 3 is 2.52 bits per heavy atom. The summed E-state index contributed by atoms with van der Waals surface area (Å²) in [6, 6.07) is 10.9. The minimum absolute atomic E-state index is 0.0632. The van der Waals surface area contributed by atoms with Gasteiger partial charge < -0.3 is 10.1 Å². The van der Waals surface area contributed by atoms with Gasteiger partial charge in [0.1, 0.15) is 0 Å². The highest BCUT2D eigenvalue weighted by Crippen LogP contribution is 2.17. The molecule has 2 aromatic rings.